The molecule has 0 radical (unpaired) electrons. The molecule has 0 unspecified atom stereocenters. The summed E-state index contributed by atoms with van der Waals surface area (Å²) in [6.07, 6.45) is -3.20. The molecule has 0 bridgehead atoms. The molecular weight excluding hydrogens is 493 g/mol. The van der Waals surface area contributed by atoms with Gasteiger partial charge in [-0.1, -0.05) is 11.2 Å². The van der Waals surface area contributed by atoms with Crippen LogP contribution in [-0.2, 0) is 22.4 Å². The molecular formula is C25H27F3N4O5. The van der Waals surface area contributed by atoms with Gasteiger partial charge in [0.05, 0.1) is 19.8 Å². The number of nitrogens with zero attached hydrogens (tertiary/aromatic N) is 2. The van der Waals surface area contributed by atoms with Crippen molar-refractivity contribution in [3.63, 3.8) is 0 Å². The lowest BCUT2D eigenvalue weighted by atomic mass is 9.87. The largest absolute Gasteiger partial charge is 0.493 e. The fraction of sp³-hybridized carbons (Fsp3) is 0.400. The Morgan fingerprint density at radius 3 is 2.35 bits per heavy atom. The first-order valence-corrected chi connectivity index (χ1v) is 11.6. The molecule has 37 heavy (non-hydrogen) atoms. The van der Waals surface area contributed by atoms with E-state index < -0.39 is 23.4 Å². The number of ether oxygens (including phenoxy) is 2. The number of hydrogen-bond donors (Lipinski definition) is 2. The SMILES string of the molecule is COc1ccc(CNC(=O)C2=NOC3(CCN(C(=O)Nc4ccc(C(F)(F)F)cc4)CC3)C2)cc1OC. The maximum absolute atomic E-state index is 12.7. The van der Waals surface area contributed by atoms with Crippen LogP contribution in [0.2, 0.25) is 0 Å². The van der Waals surface area contributed by atoms with Gasteiger partial charge in [0.25, 0.3) is 5.91 Å². The molecule has 0 atom stereocenters. The highest BCUT2D eigenvalue weighted by Gasteiger charge is 2.44. The third kappa shape index (κ3) is 6.07. The van der Waals surface area contributed by atoms with Crippen molar-refractivity contribution < 1.29 is 37.1 Å². The minimum atomic E-state index is -4.44. The van der Waals surface area contributed by atoms with E-state index in [1.807, 2.05) is 6.07 Å². The summed E-state index contributed by atoms with van der Waals surface area (Å²) in [5.41, 5.74) is -0.0727. The zero-order valence-corrected chi connectivity index (χ0v) is 20.4. The summed E-state index contributed by atoms with van der Waals surface area (Å²) in [5, 5.41) is 9.44. The number of likely N-dealkylation sites (tertiary alicyclic amines) is 1. The number of halogens is 3. The third-order valence-electron chi connectivity index (χ3n) is 6.43. The number of benzene rings is 2. The third-order valence-corrected chi connectivity index (χ3v) is 6.43. The lowest BCUT2D eigenvalue weighted by Gasteiger charge is -2.37. The van der Waals surface area contributed by atoms with E-state index in [1.165, 1.54) is 19.2 Å². The molecule has 1 fully saturated rings. The predicted octanol–water partition coefficient (Wildman–Crippen LogP) is 4.18. The lowest BCUT2D eigenvalue weighted by Crippen LogP contribution is -2.48. The van der Waals surface area contributed by atoms with E-state index in [9.17, 15) is 22.8 Å². The van der Waals surface area contributed by atoms with Crippen LogP contribution >= 0.6 is 0 Å². The number of alkyl halides is 3. The van der Waals surface area contributed by atoms with Crippen molar-refractivity contribution in [3.05, 3.63) is 53.6 Å². The van der Waals surface area contributed by atoms with Gasteiger partial charge in [-0.3, -0.25) is 4.79 Å². The van der Waals surface area contributed by atoms with Gasteiger partial charge in [-0.25, -0.2) is 4.79 Å². The van der Waals surface area contributed by atoms with Crippen molar-refractivity contribution in [1.82, 2.24) is 10.2 Å². The summed E-state index contributed by atoms with van der Waals surface area (Å²) in [6.45, 7) is 0.966. The molecule has 2 aliphatic heterocycles. The standard InChI is InChI=1S/C25H27F3N4O5/c1-35-20-8-3-16(13-21(20)36-2)15-29-22(33)19-14-24(37-31-19)9-11-32(12-10-24)23(34)30-18-6-4-17(5-7-18)25(26,27)28/h3-8,13H,9-12,14-15H2,1-2H3,(H,29,33)(H,30,34). The van der Waals surface area contributed by atoms with Crippen molar-refractivity contribution >= 4 is 23.3 Å². The van der Waals surface area contributed by atoms with Crippen LogP contribution in [0.3, 0.4) is 0 Å². The van der Waals surface area contributed by atoms with Gasteiger partial charge in [0.2, 0.25) is 0 Å². The topological polar surface area (TPSA) is 101 Å². The molecule has 9 nitrogen and oxygen atoms in total. The number of piperidine rings is 1. The van der Waals surface area contributed by atoms with Crippen LogP contribution in [0.25, 0.3) is 0 Å². The van der Waals surface area contributed by atoms with Gasteiger partial charge in [0.1, 0.15) is 11.3 Å². The molecule has 2 aliphatic rings. The summed E-state index contributed by atoms with van der Waals surface area (Å²) in [5.74, 6) is 0.811. The number of anilines is 1. The number of oxime groups is 1. The quantitative estimate of drug-likeness (QED) is 0.595. The Kier molecular flexibility index (Phi) is 7.46. The Balaban J connectivity index is 1.25. The highest BCUT2D eigenvalue weighted by Crippen LogP contribution is 2.35. The Hall–Kier alpha value is -3.96. The van der Waals surface area contributed by atoms with Gasteiger partial charge >= 0.3 is 12.2 Å². The number of carbonyl (C=O) groups excluding carboxylic acids is 2. The summed E-state index contributed by atoms with van der Waals surface area (Å²) in [4.78, 5) is 32.4. The van der Waals surface area contributed by atoms with E-state index in [-0.39, 0.29) is 23.9 Å². The van der Waals surface area contributed by atoms with Crippen molar-refractivity contribution in [2.24, 2.45) is 5.16 Å². The first-order chi connectivity index (χ1) is 17.6. The molecule has 0 saturated carbocycles. The number of rotatable bonds is 6. The number of hydrogen-bond acceptors (Lipinski definition) is 6. The molecule has 2 N–H and O–H groups in total. The van der Waals surface area contributed by atoms with Crippen LogP contribution < -0.4 is 20.1 Å². The van der Waals surface area contributed by atoms with E-state index >= 15 is 0 Å². The maximum Gasteiger partial charge on any atom is 0.416 e. The molecule has 1 saturated heterocycles. The number of carbonyl (C=O) groups is 2. The highest BCUT2D eigenvalue weighted by molar-refractivity contribution is 6.39. The number of methoxy groups -OCH3 is 2. The molecule has 2 aromatic carbocycles. The Labute approximate surface area is 211 Å². The van der Waals surface area contributed by atoms with Crippen molar-refractivity contribution in [2.45, 2.75) is 37.6 Å². The fourth-order valence-corrected chi connectivity index (χ4v) is 4.25. The molecule has 2 aromatic rings. The average molecular weight is 521 g/mol. The first-order valence-electron chi connectivity index (χ1n) is 11.6. The molecule has 4 rings (SSSR count). The lowest BCUT2D eigenvalue weighted by molar-refractivity contribution is -0.137. The number of urea groups is 1. The zero-order chi connectivity index (χ0) is 26.6. The molecule has 12 heteroatoms. The molecule has 0 aromatic heterocycles. The van der Waals surface area contributed by atoms with Crippen molar-refractivity contribution in [1.29, 1.82) is 0 Å². The Morgan fingerprint density at radius 1 is 1.05 bits per heavy atom. The Morgan fingerprint density at radius 2 is 1.73 bits per heavy atom. The van der Waals surface area contributed by atoms with E-state index in [4.69, 9.17) is 14.3 Å². The second-order valence-electron chi connectivity index (χ2n) is 8.85. The predicted molar refractivity (Wildman–Crippen MR) is 129 cm³/mol. The van der Waals surface area contributed by atoms with E-state index in [0.717, 1.165) is 17.7 Å². The second kappa shape index (κ2) is 10.6. The van der Waals surface area contributed by atoms with Gasteiger partial charge < -0.3 is 29.8 Å². The minimum absolute atomic E-state index is 0.267. The van der Waals surface area contributed by atoms with Gasteiger partial charge in [-0.2, -0.15) is 13.2 Å². The van der Waals surface area contributed by atoms with Gasteiger partial charge in [0, 0.05) is 44.6 Å². The first kappa shape index (κ1) is 26.1. The smallest absolute Gasteiger partial charge is 0.416 e. The maximum atomic E-state index is 12.7. The minimum Gasteiger partial charge on any atom is -0.493 e. The van der Waals surface area contributed by atoms with Gasteiger partial charge in [0.15, 0.2) is 11.5 Å². The fourth-order valence-electron chi connectivity index (χ4n) is 4.25. The summed E-state index contributed by atoms with van der Waals surface area (Å²) < 4.78 is 48.7. The van der Waals surface area contributed by atoms with E-state index in [1.54, 1.807) is 24.1 Å². The molecule has 198 valence electrons. The van der Waals surface area contributed by atoms with Crippen LogP contribution in [0.1, 0.15) is 30.4 Å². The van der Waals surface area contributed by atoms with Gasteiger partial charge in [-0.15, -0.1) is 0 Å². The van der Waals surface area contributed by atoms with E-state index in [0.29, 0.717) is 43.9 Å². The summed E-state index contributed by atoms with van der Waals surface area (Å²) in [7, 11) is 3.08. The van der Waals surface area contributed by atoms with Crippen LogP contribution in [0.15, 0.2) is 47.6 Å². The van der Waals surface area contributed by atoms with Crippen LogP contribution in [0.4, 0.5) is 23.7 Å². The summed E-state index contributed by atoms with van der Waals surface area (Å²) >= 11 is 0. The molecule has 3 amide bonds. The Bertz CT molecular complexity index is 1180. The average Bonchev–Trinajstić information content (AvgIpc) is 3.30. The monoisotopic (exact) mass is 520 g/mol. The van der Waals surface area contributed by atoms with Crippen LogP contribution in [0, 0.1) is 0 Å². The van der Waals surface area contributed by atoms with Crippen LogP contribution in [-0.4, -0.2) is 55.5 Å². The van der Waals surface area contributed by atoms with Crippen molar-refractivity contribution in [2.75, 3.05) is 32.6 Å². The molecule has 0 aliphatic carbocycles. The van der Waals surface area contributed by atoms with Crippen molar-refractivity contribution in [3.8, 4) is 11.5 Å². The molecule has 2 heterocycles. The zero-order valence-electron chi connectivity index (χ0n) is 20.4. The number of amides is 3. The second-order valence-corrected chi connectivity index (χ2v) is 8.85. The summed E-state index contributed by atoms with van der Waals surface area (Å²) in [6, 6.07) is 9.21. The number of nitrogens with one attached hydrogen (secondary N) is 2. The molecule has 1 spiro atoms. The normalized spacial score (nSPS) is 16.6. The van der Waals surface area contributed by atoms with E-state index in [2.05, 4.69) is 15.8 Å². The highest BCUT2D eigenvalue weighted by atomic mass is 19.4. The van der Waals surface area contributed by atoms with Gasteiger partial charge in [-0.05, 0) is 42.0 Å². The van der Waals surface area contributed by atoms with Crippen LogP contribution in [0.5, 0.6) is 11.5 Å².